The average Bonchev–Trinajstić information content (AvgIpc) is 2.75. The van der Waals surface area contributed by atoms with Gasteiger partial charge in [-0.25, -0.2) is 13.2 Å². The van der Waals surface area contributed by atoms with E-state index in [0.717, 1.165) is 12.1 Å². The number of nitrogens with two attached hydrogens (primary N) is 1. The minimum absolute atomic E-state index is 0.204. The summed E-state index contributed by atoms with van der Waals surface area (Å²) in [5.41, 5.74) is 4.99. The van der Waals surface area contributed by atoms with Crippen molar-refractivity contribution in [3.8, 4) is 11.5 Å². The van der Waals surface area contributed by atoms with Gasteiger partial charge in [0.25, 0.3) is 5.89 Å². The van der Waals surface area contributed by atoms with E-state index in [0.29, 0.717) is 13.0 Å². The van der Waals surface area contributed by atoms with Gasteiger partial charge in [0.2, 0.25) is 5.89 Å². The Morgan fingerprint density at radius 1 is 1.12 bits per heavy atom. The summed E-state index contributed by atoms with van der Waals surface area (Å²) in [4.78, 5) is 0. The molecule has 0 bridgehead atoms. The number of hydrogen-bond acceptors (Lipinski definition) is 4. The van der Waals surface area contributed by atoms with Crippen molar-refractivity contribution in [3.05, 3.63) is 35.5 Å². The second-order valence-electron chi connectivity index (χ2n) is 3.26. The fourth-order valence-corrected chi connectivity index (χ4v) is 1.28. The molecule has 1 aromatic carbocycles. The first-order chi connectivity index (χ1) is 8.13. The van der Waals surface area contributed by atoms with Crippen LogP contribution in [0.1, 0.15) is 5.89 Å². The summed E-state index contributed by atoms with van der Waals surface area (Å²) in [6.45, 7) is 0.294. The molecule has 0 aliphatic heterocycles. The number of rotatable bonds is 3. The summed E-state index contributed by atoms with van der Waals surface area (Å²) in [6.07, 6.45) is 0.332. The number of aromatic nitrogens is 2. The zero-order valence-corrected chi connectivity index (χ0v) is 8.58. The number of benzene rings is 1. The maximum Gasteiger partial charge on any atom is 0.250 e. The zero-order valence-electron chi connectivity index (χ0n) is 8.58. The van der Waals surface area contributed by atoms with Crippen molar-refractivity contribution in [1.29, 1.82) is 0 Å². The van der Waals surface area contributed by atoms with Crippen LogP contribution in [0.3, 0.4) is 0 Å². The quantitative estimate of drug-likeness (QED) is 0.832. The van der Waals surface area contributed by atoms with E-state index in [9.17, 15) is 13.2 Å². The maximum atomic E-state index is 13.4. The molecule has 90 valence electrons. The fourth-order valence-electron chi connectivity index (χ4n) is 1.28. The lowest BCUT2D eigenvalue weighted by atomic mass is 10.2. The largest absolute Gasteiger partial charge is 0.421 e. The molecule has 1 heterocycles. The number of hydrogen-bond donors (Lipinski definition) is 1. The van der Waals surface area contributed by atoms with Crippen molar-refractivity contribution >= 4 is 0 Å². The van der Waals surface area contributed by atoms with Crippen molar-refractivity contribution in [3.63, 3.8) is 0 Å². The molecule has 17 heavy (non-hydrogen) atoms. The van der Waals surface area contributed by atoms with Crippen molar-refractivity contribution in [2.75, 3.05) is 6.54 Å². The molecule has 0 radical (unpaired) electrons. The first-order valence-corrected chi connectivity index (χ1v) is 4.79. The molecule has 0 aliphatic rings. The van der Waals surface area contributed by atoms with Gasteiger partial charge in [-0.15, -0.1) is 10.2 Å². The SMILES string of the molecule is NCCc1nnc(-c2ccc(F)c(F)c2F)o1. The molecule has 1 aromatic heterocycles. The van der Waals surface area contributed by atoms with Gasteiger partial charge in [-0.3, -0.25) is 0 Å². The Bertz CT molecular complexity index is 542. The third-order valence-electron chi connectivity index (χ3n) is 2.09. The molecule has 2 aromatic rings. The monoisotopic (exact) mass is 243 g/mol. The number of halogens is 3. The molecule has 0 fully saturated rings. The highest BCUT2D eigenvalue weighted by Gasteiger charge is 2.18. The van der Waals surface area contributed by atoms with E-state index >= 15 is 0 Å². The van der Waals surface area contributed by atoms with Gasteiger partial charge in [0.05, 0.1) is 5.56 Å². The van der Waals surface area contributed by atoms with E-state index in [-0.39, 0.29) is 17.3 Å². The second kappa shape index (κ2) is 4.54. The molecule has 7 heteroatoms. The molecule has 0 atom stereocenters. The minimum Gasteiger partial charge on any atom is -0.421 e. The molecule has 0 saturated heterocycles. The zero-order chi connectivity index (χ0) is 12.4. The van der Waals surface area contributed by atoms with E-state index in [2.05, 4.69) is 10.2 Å². The van der Waals surface area contributed by atoms with Crippen LogP contribution in [0, 0.1) is 17.5 Å². The predicted molar refractivity (Wildman–Crippen MR) is 52.4 cm³/mol. The lowest BCUT2D eigenvalue weighted by molar-refractivity contribution is 0.444. The lowest BCUT2D eigenvalue weighted by Gasteiger charge is -1.99. The molecule has 0 unspecified atom stereocenters. The highest BCUT2D eigenvalue weighted by Crippen LogP contribution is 2.24. The minimum atomic E-state index is -1.57. The van der Waals surface area contributed by atoms with E-state index in [1.807, 2.05) is 0 Å². The van der Waals surface area contributed by atoms with Gasteiger partial charge in [0.1, 0.15) is 0 Å². The molecule has 4 nitrogen and oxygen atoms in total. The smallest absolute Gasteiger partial charge is 0.250 e. The molecule has 2 N–H and O–H groups in total. The van der Waals surface area contributed by atoms with Gasteiger partial charge in [-0.05, 0) is 12.1 Å². The third kappa shape index (κ3) is 2.14. The van der Waals surface area contributed by atoms with Crippen LogP contribution in [0.25, 0.3) is 11.5 Å². The highest BCUT2D eigenvalue weighted by molar-refractivity contribution is 5.53. The maximum absolute atomic E-state index is 13.4. The summed E-state index contributed by atoms with van der Waals surface area (Å²) in [7, 11) is 0. The van der Waals surface area contributed by atoms with Gasteiger partial charge in [0, 0.05) is 13.0 Å². The van der Waals surface area contributed by atoms with Crippen LogP contribution in [-0.2, 0) is 6.42 Å². The highest BCUT2D eigenvalue weighted by atomic mass is 19.2. The Hall–Kier alpha value is -1.89. The van der Waals surface area contributed by atoms with E-state index in [1.165, 1.54) is 0 Å². The summed E-state index contributed by atoms with van der Waals surface area (Å²) in [6, 6.07) is 1.83. The van der Waals surface area contributed by atoms with E-state index in [1.54, 1.807) is 0 Å². The van der Waals surface area contributed by atoms with Crippen molar-refractivity contribution in [2.24, 2.45) is 5.73 Å². The predicted octanol–water partition coefficient (Wildman–Crippen LogP) is 1.66. The summed E-state index contributed by atoms with van der Waals surface area (Å²) >= 11 is 0. The van der Waals surface area contributed by atoms with E-state index in [4.69, 9.17) is 10.2 Å². The fraction of sp³-hybridized carbons (Fsp3) is 0.200. The Balaban J connectivity index is 2.42. The lowest BCUT2D eigenvalue weighted by Crippen LogP contribution is -2.02. The first-order valence-electron chi connectivity index (χ1n) is 4.79. The van der Waals surface area contributed by atoms with Crippen LogP contribution in [-0.4, -0.2) is 16.7 Å². The molecular weight excluding hydrogens is 235 g/mol. The van der Waals surface area contributed by atoms with Crippen molar-refractivity contribution in [2.45, 2.75) is 6.42 Å². The normalized spacial score (nSPS) is 10.8. The molecule has 0 saturated carbocycles. The first kappa shape index (κ1) is 11.6. The molecule has 0 amide bonds. The van der Waals surface area contributed by atoms with Crippen LogP contribution in [0.2, 0.25) is 0 Å². The van der Waals surface area contributed by atoms with Gasteiger partial charge in [0.15, 0.2) is 17.5 Å². The summed E-state index contributed by atoms with van der Waals surface area (Å²) in [5.74, 6) is -4.18. The van der Waals surface area contributed by atoms with Crippen LogP contribution in [0.4, 0.5) is 13.2 Å². The molecule has 0 spiro atoms. The third-order valence-corrected chi connectivity index (χ3v) is 2.09. The van der Waals surface area contributed by atoms with Crippen LogP contribution in [0.15, 0.2) is 16.5 Å². The van der Waals surface area contributed by atoms with Gasteiger partial charge in [-0.1, -0.05) is 0 Å². The van der Waals surface area contributed by atoms with Crippen LogP contribution < -0.4 is 5.73 Å². The van der Waals surface area contributed by atoms with Gasteiger partial charge in [-0.2, -0.15) is 0 Å². The van der Waals surface area contributed by atoms with Crippen molar-refractivity contribution < 1.29 is 17.6 Å². The Morgan fingerprint density at radius 3 is 2.59 bits per heavy atom. The second-order valence-corrected chi connectivity index (χ2v) is 3.26. The molecule has 0 aliphatic carbocycles. The molecule has 2 rings (SSSR count). The number of nitrogens with zero attached hydrogens (tertiary/aromatic N) is 2. The van der Waals surface area contributed by atoms with Crippen LogP contribution >= 0.6 is 0 Å². The Labute approximate surface area is 94.3 Å². The Morgan fingerprint density at radius 2 is 1.88 bits per heavy atom. The standard InChI is InChI=1S/C10H8F3N3O/c11-6-2-1-5(8(12)9(6)13)10-16-15-7(17-10)3-4-14/h1-2H,3-4,14H2. The summed E-state index contributed by atoms with van der Waals surface area (Å²) in [5, 5.41) is 7.13. The van der Waals surface area contributed by atoms with Gasteiger partial charge < -0.3 is 10.2 Å². The molecular formula is C10H8F3N3O. The van der Waals surface area contributed by atoms with Gasteiger partial charge >= 0.3 is 0 Å². The topological polar surface area (TPSA) is 64.9 Å². The summed E-state index contributed by atoms with van der Waals surface area (Å²) < 4.78 is 44.1. The van der Waals surface area contributed by atoms with E-state index < -0.39 is 17.5 Å². The van der Waals surface area contributed by atoms with Crippen molar-refractivity contribution in [1.82, 2.24) is 10.2 Å². The van der Waals surface area contributed by atoms with Crippen LogP contribution in [0.5, 0.6) is 0 Å². The Kier molecular flexibility index (Phi) is 3.10. The average molecular weight is 243 g/mol.